The van der Waals surface area contributed by atoms with Crippen molar-refractivity contribution in [3.8, 4) is 5.88 Å². The van der Waals surface area contributed by atoms with E-state index in [1.807, 2.05) is 0 Å². The number of rotatable bonds is 7. The largest absolute Gasteiger partial charge is 0.475 e. The molecule has 0 aliphatic rings. The second kappa shape index (κ2) is 6.73. The van der Waals surface area contributed by atoms with Crippen LogP contribution in [0.5, 0.6) is 5.88 Å². The van der Waals surface area contributed by atoms with Crippen molar-refractivity contribution in [2.24, 2.45) is 5.73 Å². The molecule has 1 aromatic heterocycles. The van der Waals surface area contributed by atoms with Crippen LogP contribution in [0.4, 0.5) is 0 Å². The molecule has 0 bridgehead atoms. The summed E-state index contributed by atoms with van der Waals surface area (Å²) in [6, 6.07) is 3.07. The monoisotopic (exact) mass is 224 g/mol. The van der Waals surface area contributed by atoms with Crippen molar-refractivity contribution in [1.29, 1.82) is 0 Å². The molecule has 6 nitrogen and oxygen atoms in total. The molecule has 0 saturated heterocycles. The molecule has 0 aromatic carbocycles. The van der Waals surface area contributed by atoms with E-state index in [0.717, 1.165) is 19.5 Å². The minimum Gasteiger partial charge on any atom is -0.475 e. The average Bonchev–Trinajstić information content (AvgIpc) is 2.29. The van der Waals surface area contributed by atoms with Gasteiger partial charge in [0.15, 0.2) is 5.69 Å². The molecule has 1 rings (SSSR count). The summed E-state index contributed by atoms with van der Waals surface area (Å²) in [5.74, 6) is -0.202. The first-order chi connectivity index (χ1) is 7.74. The van der Waals surface area contributed by atoms with E-state index in [1.54, 1.807) is 6.07 Å². The smallest absolute Gasteiger partial charge is 0.269 e. The maximum absolute atomic E-state index is 10.7. The third-order valence-corrected chi connectivity index (χ3v) is 1.85. The molecule has 0 radical (unpaired) electrons. The minimum absolute atomic E-state index is 0.136. The average molecular weight is 224 g/mol. The maximum Gasteiger partial charge on any atom is 0.269 e. The zero-order valence-electron chi connectivity index (χ0n) is 9.27. The van der Waals surface area contributed by atoms with Crippen LogP contribution in [0.15, 0.2) is 12.1 Å². The molecule has 0 atom stereocenters. The number of aromatic nitrogens is 2. The molecule has 1 heterocycles. The zero-order chi connectivity index (χ0) is 11.8. The summed E-state index contributed by atoms with van der Waals surface area (Å²) < 4.78 is 5.30. The molecular weight excluding hydrogens is 208 g/mol. The zero-order valence-corrected chi connectivity index (χ0v) is 9.27. The number of nitrogens with one attached hydrogen (secondary N) is 1. The van der Waals surface area contributed by atoms with E-state index in [1.165, 1.54) is 6.07 Å². The summed E-state index contributed by atoms with van der Waals surface area (Å²) in [5.41, 5.74) is 5.16. The Kier molecular flexibility index (Phi) is 5.21. The van der Waals surface area contributed by atoms with Gasteiger partial charge in [-0.2, -0.15) is 0 Å². The summed E-state index contributed by atoms with van der Waals surface area (Å²) in [4.78, 5) is 10.7. The van der Waals surface area contributed by atoms with Crippen molar-refractivity contribution in [1.82, 2.24) is 15.5 Å². The van der Waals surface area contributed by atoms with Crippen LogP contribution in [0, 0.1) is 0 Å². The number of primary amides is 1. The number of nitrogens with two attached hydrogens (primary N) is 1. The van der Waals surface area contributed by atoms with E-state index in [0.29, 0.717) is 12.5 Å². The van der Waals surface area contributed by atoms with Crippen molar-refractivity contribution in [2.45, 2.75) is 13.3 Å². The Hall–Kier alpha value is -1.69. The summed E-state index contributed by atoms with van der Waals surface area (Å²) in [5, 5.41) is 10.5. The van der Waals surface area contributed by atoms with Gasteiger partial charge in [-0.05, 0) is 19.0 Å². The molecule has 16 heavy (non-hydrogen) atoms. The quantitative estimate of drug-likeness (QED) is 0.634. The van der Waals surface area contributed by atoms with Gasteiger partial charge in [-0.25, -0.2) is 0 Å². The van der Waals surface area contributed by atoms with Gasteiger partial charge in [0.25, 0.3) is 5.91 Å². The van der Waals surface area contributed by atoms with Crippen LogP contribution in [0.3, 0.4) is 0 Å². The van der Waals surface area contributed by atoms with Crippen molar-refractivity contribution in [2.75, 3.05) is 19.7 Å². The van der Waals surface area contributed by atoms with Crippen LogP contribution < -0.4 is 15.8 Å². The van der Waals surface area contributed by atoms with Crippen molar-refractivity contribution >= 4 is 5.91 Å². The fraction of sp³-hybridized carbons (Fsp3) is 0.500. The fourth-order valence-corrected chi connectivity index (χ4v) is 1.06. The van der Waals surface area contributed by atoms with Gasteiger partial charge in [0.05, 0.1) is 0 Å². The van der Waals surface area contributed by atoms with Gasteiger partial charge in [-0.3, -0.25) is 4.79 Å². The van der Waals surface area contributed by atoms with Crippen LogP contribution in [-0.4, -0.2) is 35.8 Å². The number of amides is 1. The predicted octanol–water partition coefficient (Wildman–Crippen LogP) is -0.0461. The van der Waals surface area contributed by atoms with Crippen LogP contribution in [-0.2, 0) is 0 Å². The molecule has 3 N–H and O–H groups in total. The van der Waals surface area contributed by atoms with E-state index in [2.05, 4.69) is 22.4 Å². The number of hydrogen-bond donors (Lipinski definition) is 2. The minimum atomic E-state index is -0.594. The van der Waals surface area contributed by atoms with Crippen LogP contribution in [0.1, 0.15) is 23.8 Å². The Labute approximate surface area is 94.2 Å². The summed E-state index contributed by atoms with van der Waals surface area (Å²) in [6.07, 6.45) is 1.09. The lowest BCUT2D eigenvalue weighted by Crippen LogP contribution is -2.22. The molecule has 1 amide bonds. The third-order valence-electron chi connectivity index (χ3n) is 1.85. The van der Waals surface area contributed by atoms with Gasteiger partial charge in [-0.1, -0.05) is 6.92 Å². The SMILES string of the molecule is CCCNCCOc1ccc(C(N)=O)nn1. The van der Waals surface area contributed by atoms with E-state index in [-0.39, 0.29) is 5.69 Å². The first-order valence-corrected chi connectivity index (χ1v) is 5.21. The first-order valence-electron chi connectivity index (χ1n) is 5.21. The standard InChI is InChI=1S/C10H16N4O2/c1-2-5-12-6-7-16-9-4-3-8(10(11)15)13-14-9/h3-4,12H,2,5-7H2,1H3,(H2,11,15). The predicted molar refractivity (Wildman–Crippen MR) is 59.2 cm³/mol. The first kappa shape index (κ1) is 12.4. The lowest BCUT2D eigenvalue weighted by molar-refractivity contribution is 0.0994. The highest BCUT2D eigenvalue weighted by Gasteiger charge is 2.03. The normalized spacial score (nSPS) is 10.1. The van der Waals surface area contributed by atoms with Gasteiger partial charge in [0.2, 0.25) is 5.88 Å². The van der Waals surface area contributed by atoms with E-state index >= 15 is 0 Å². The Bertz CT molecular complexity index is 326. The number of carbonyl (C=O) groups is 1. The summed E-state index contributed by atoms with van der Waals surface area (Å²) >= 11 is 0. The molecule has 0 aliphatic carbocycles. The molecule has 0 unspecified atom stereocenters. The molecular formula is C10H16N4O2. The van der Waals surface area contributed by atoms with Crippen molar-refractivity contribution < 1.29 is 9.53 Å². The maximum atomic E-state index is 10.7. The Morgan fingerprint density at radius 3 is 2.81 bits per heavy atom. The highest BCUT2D eigenvalue weighted by Crippen LogP contribution is 2.03. The number of nitrogens with zero attached hydrogens (tertiary/aromatic N) is 2. The highest BCUT2D eigenvalue weighted by atomic mass is 16.5. The van der Waals surface area contributed by atoms with Crippen LogP contribution in [0.25, 0.3) is 0 Å². The Morgan fingerprint density at radius 2 is 2.25 bits per heavy atom. The molecule has 6 heteroatoms. The molecule has 0 fully saturated rings. The van der Waals surface area contributed by atoms with E-state index in [9.17, 15) is 4.79 Å². The second-order valence-corrected chi connectivity index (χ2v) is 3.22. The van der Waals surface area contributed by atoms with Crippen molar-refractivity contribution in [3.05, 3.63) is 17.8 Å². The van der Waals surface area contributed by atoms with Crippen LogP contribution in [0.2, 0.25) is 0 Å². The topological polar surface area (TPSA) is 90.1 Å². The highest BCUT2D eigenvalue weighted by molar-refractivity contribution is 5.90. The molecule has 0 spiro atoms. The number of ether oxygens (including phenoxy) is 1. The summed E-state index contributed by atoms with van der Waals surface area (Å²) in [6.45, 7) is 4.34. The number of carbonyl (C=O) groups excluding carboxylic acids is 1. The van der Waals surface area contributed by atoms with Crippen LogP contribution >= 0.6 is 0 Å². The van der Waals surface area contributed by atoms with Gasteiger partial charge < -0.3 is 15.8 Å². The second-order valence-electron chi connectivity index (χ2n) is 3.22. The lowest BCUT2D eigenvalue weighted by atomic mass is 10.4. The van der Waals surface area contributed by atoms with Gasteiger partial charge >= 0.3 is 0 Å². The lowest BCUT2D eigenvalue weighted by Gasteiger charge is -2.05. The fourth-order valence-electron chi connectivity index (χ4n) is 1.06. The van der Waals surface area contributed by atoms with Crippen molar-refractivity contribution in [3.63, 3.8) is 0 Å². The molecule has 0 aliphatic heterocycles. The van der Waals surface area contributed by atoms with Gasteiger partial charge in [0, 0.05) is 12.6 Å². The summed E-state index contributed by atoms with van der Waals surface area (Å²) in [7, 11) is 0. The van der Waals surface area contributed by atoms with Gasteiger partial charge in [0.1, 0.15) is 6.61 Å². The van der Waals surface area contributed by atoms with E-state index in [4.69, 9.17) is 10.5 Å². The Morgan fingerprint density at radius 1 is 1.44 bits per heavy atom. The Balaban J connectivity index is 2.29. The third kappa shape index (κ3) is 4.22. The molecule has 88 valence electrons. The molecule has 0 saturated carbocycles. The molecule has 1 aromatic rings. The van der Waals surface area contributed by atoms with Gasteiger partial charge in [-0.15, -0.1) is 10.2 Å². The number of hydrogen-bond acceptors (Lipinski definition) is 5. The van der Waals surface area contributed by atoms with E-state index < -0.39 is 5.91 Å².